The van der Waals surface area contributed by atoms with Crippen LogP contribution < -0.4 is 4.90 Å². The predicted octanol–water partition coefficient (Wildman–Crippen LogP) is 10.2. The highest BCUT2D eigenvalue weighted by Gasteiger charge is 2.45. The number of hydrogen-bond donors (Lipinski definition) is 0. The molecule has 0 aliphatic carbocycles. The molecule has 67 heavy (non-hydrogen) atoms. The van der Waals surface area contributed by atoms with Gasteiger partial charge in [-0.05, 0) is 119 Å². The van der Waals surface area contributed by atoms with Crippen molar-refractivity contribution in [2.75, 3.05) is 45.2 Å². The van der Waals surface area contributed by atoms with E-state index in [1.807, 2.05) is 19.0 Å². The average Bonchev–Trinajstić information content (AvgIpc) is 3.28. The van der Waals surface area contributed by atoms with Crippen LogP contribution in [0.2, 0.25) is 0 Å². The number of Topliss-reactive ketones (excluding diaryl/α,β-unsaturated/α-hetero) is 2. The zero-order valence-corrected chi connectivity index (χ0v) is 35.0. The van der Waals surface area contributed by atoms with Gasteiger partial charge in [0.05, 0.1) is 26.2 Å². The van der Waals surface area contributed by atoms with Crippen molar-refractivity contribution in [3.05, 3.63) is 194 Å². The molecule has 0 aromatic heterocycles. The van der Waals surface area contributed by atoms with Gasteiger partial charge in [0.25, 0.3) is 5.91 Å². The smallest absolute Gasteiger partial charge is 0.378 e. The van der Waals surface area contributed by atoms with Crippen molar-refractivity contribution in [3.63, 3.8) is 0 Å². The first kappa shape index (κ1) is 48.8. The Bertz CT molecular complexity index is 2760. The molecular formula is C49H34F11N3O4. The third-order valence-electron chi connectivity index (χ3n) is 10.2. The molecule has 0 radical (unpaired) electrons. The van der Waals surface area contributed by atoms with Crippen LogP contribution in [0.3, 0.4) is 0 Å². The van der Waals surface area contributed by atoms with Crippen molar-refractivity contribution in [2.45, 2.75) is 6.18 Å². The van der Waals surface area contributed by atoms with Gasteiger partial charge in [0.2, 0.25) is 0 Å². The maximum atomic E-state index is 13.7. The van der Waals surface area contributed by atoms with Crippen LogP contribution >= 0.6 is 0 Å². The van der Waals surface area contributed by atoms with Crippen LogP contribution in [0.1, 0.15) is 32.6 Å². The second-order valence-electron chi connectivity index (χ2n) is 15.3. The summed E-state index contributed by atoms with van der Waals surface area (Å²) >= 11 is 0. The van der Waals surface area contributed by atoms with Crippen LogP contribution in [0.5, 0.6) is 0 Å². The monoisotopic (exact) mass is 937 g/mol. The molecule has 2 amide bonds. The number of hydrogen-bond acceptors (Lipinski definition) is 5. The highest BCUT2D eigenvalue weighted by atomic mass is 19.4. The van der Waals surface area contributed by atoms with E-state index >= 15 is 0 Å². The number of halogens is 11. The lowest BCUT2D eigenvalue weighted by atomic mass is 9.93. The molecule has 7 rings (SSSR count). The van der Waals surface area contributed by atoms with Gasteiger partial charge in [-0.3, -0.25) is 19.2 Å². The minimum Gasteiger partial charge on any atom is -0.378 e. The molecule has 2 heterocycles. The van der Waals surface area contributed by atoms with Crippen LogP contribution in [0.25, 0.3) is 24.3 Å². The Morgan fingerprint density at radius 1 is 0.463 bits per heavy atom. The molecule has 0 unspecified atom stereocenters. The Hall–Kier alpha value is -7.63. The number of nitrogens with zero attached hydrogens (tertiary/aromatic N) is 3. The number of alkyl halides is 3. The van der Waals surface area contributed by atoms with Gasteiger partial charge >= 0.3 is 12.1 Å². The molecule has 346 valence electrons. The van der Waals surface area contributed by atoms with Gasteiger partial charge in [0.1, 0.15) is 0 Å². The van der Waals surface area contributed by atoms with Crippen molar-refractivity contribution in [3.8, 4) is 0 Å². The number of amides is 2. The van der Waals surface area contributed by atoms with Gasteiger partial charge in [-0.25, -0.2) is 35.1 Å². The molecule has 18 heteroatoms. The number of carbonyl (C=O) groups is 4. The van der Waals surface area contributed by atoms with E-state index < -0.39 is 83.3 Å². The molecular weight excluding hydrogens is 904 g/mol. The van der Waals surface area contributed by atoms with Gasteiger partial charge in [0, 0.05) is 47.6 Å². The fourth-order valence-electron chi connectivity index (χ4n) is 6.84. The van der Waals surface area contributed by atoms with Gasteiger partial charge in [-0.15, -0.1) is 0 Å². The van der Waals surface area contributed by atoms with Crippen molar-refractivity contribution < 1.29 is 67.5 Å². The maximum Gasteiger partial charge on any atom is 0.471 e. The van der Waals surface area contributed by atoms with Crippen molar-refractivity contribution >= 4 is 53.4 Å². The normalized spacial score (nSPS) is 16.7. The van der Waals surface area contributed by atoms with Crippen LogP contribution in [-0.2, 0) is 14.4 Å². The first-order valence-corrected chi connectivity index (χ1v) is 19.7. The third-order valence-corrected chi connectivity index (χ3v) is 10.2. The standard InChI is InChI=1S/C28H22F4N2O2.C21H12F7NO2/c1-33(2)22-7-5-19(6-8-22)28(36)34-15-20(11-17-3-9-23(29)25(31)13-17)27(35)21(16-34)12-18-4-10-24(30)26(32)14-18;22-15-3-1-11(7-17(15)24)5-13-9-29(20(31)21(26,27)28)10-14(19(13)30)6-12-2-4-16(23)18(25)8-12/h3-14H,15-16H2,1-2H3;1-8H,9-10H2/b20-11+,21-12+;13-5+,14-6+. The zero-order valence-electron chi connectivity index (χ0n) is 35.0. The molecule has 0 atom stereocenters. The lowest BCUT2D eigenvalue weighted by molar-refractivity contribution is -0.184. The Labute approximate surface area is 375 Å². The summed E-state index contributed by atoms with van der Waals surface area (Å²) in [7, 11) is 3.75. The highest BCUT2D eigenvalue weighted by Crippen LogP contribution is 2.29. The second-order valence-corrected chi connectivity index (χ2v) is 15.3. The van der Waals surface area contributed by atoms with Gasteiger partial charge in [0.15, 0.2) is 58.1 Å². The molecule has 0 spiro atoms. The van der Waals surface area contributed by atoms with Crippen molar-refractivity contribution in [1.29, 1.82) is 0 Å². The van der Waals surface area contributed by atoms with E-state index in [2.05, 4.69) is 0 Å². The topological polar surface area (TPSA) is 78.0 Å². The van der Waals surface area contributed by atoms with E-state index in [0.29, 0.717) is 10.5 Å². The number of benzene rings is 5. The number of anilines is 1. The maximum absolute atomic E-state index is 13.7. The summed E-state index contributed by atoms with van der Waals surface area (Å²) in [5, 5.41) is 0. The van der Waals surface area contributed by atoms with Crippen molar-refractivity contribution in [2.24, 2.45) is 0 Å². The predicted molar refractivity (Wildman–Crippen MR) is 227 cm³/mol. The summed E-state index contributed by atoms with van der Waals surface area (Å²) in [6.07, 6.45) is -0.392. The zero-order chi connectivity index (χ0) is 48.9. The number of ketones is 2. The lowest BCUT2D eigenvalue weighted by Crippen LogP contribution is -2.47. The average molecular weight is 938 g/mol. The molecule has 0 saturated carbocycles. The van der Waals surface area contributed by atoms with Gasteiger partial charge < -0.3 is 14.7 Å². The third kappa shape index (κ3) is 12.0. The molecule has 5 aromatic carbocycles. The number of likely N-dealkylation sites (tertiary alicyclic amines) is 2. The quantitative estimate of drug-likeness (QED) is 0.125. The minimum absolute atomic E-state index is 0.0178. The molecule has 2 aliphatic heterocycles. The van der Waals surface area contributed by atoms with Crippen LogP contribution in [0.15, 0.2) is 119 Å². The van der Waals surface area contributed by atoms with E-state index in [4.69, 9.17) is 0 Å². The molecule has 0 N–H and O–H groups in total. The van der Waals surface area contributed by atoms with Crippen LogP contribution in [0.4, 0.5) is 54.0 Å². The minimum atomic E-state index is -5.22. The molecule has 2 aliphatic rings. The number of rotatable bonds is 6. The van der Waals surface area contributed by atoms with E-state index in [1.165, 1.54) is 29.2 Å². The fourth-order valence-corrected chi connectivity index (χ4v) is 6.84. The molecule has 2 saturated heterocycles. The summed E-state index contributed by atoms with van der Waals surface area (Å²) in [6.45, 7) is -1.60. The molecule has 7 nitrogen and oxygen atoms in total. The van der Waals surface area contributed by atoms with E-state index in [-0.39, 0.29) is 63.5 Å². The van der Waals surface area contributed by atoms with E-state index in [9.17, 15) is 67.5 Å². The van der Waals surface area contributed by atoms with E-state index in [0.717, 1.165) is 78.5 Å². The molecule has 2 fully saturated rings. The van der Waals surface area contributed by atoms with Gasteiger partial charge in [-0.1, -0.05) is 24.3 Å². The first-order chi connectivity index (χ1) is 31.6. The number of carbonyl (C=O) groups excluding carboxylic acids is 4. The Morgan fingerprint density at radius 3 is 1.03 bits per heavy atom. The summed E-state index contributed by atoms with van der Waals surface area (Å²) in [5.74, 6) is -12.8. The fraction of sp³-hybridized carbons (Fsp3) is 0.143. The SMILES string of the molecule is CN(C)c1ccc(C(=O)N2C/C(=C\c3ccc(F)c(F)c3)C(=O)/C(=C/c3ccc(F)c(F)c3)C2)cc1.O=C1/C(=C/c2ccc(F)c(F)c2)CN(C(=O)C(F)(F)F)C/C1=C\c1ccc(F)c(F)c1. The Morgan fingerprint density at radius 2 is 0.761 bits per heavy atom. The van der Waals surface area contributed by atoms with E-state index in [1.54, 1.807) is 24.3 Å². The van der Waals surface area contributed by atoms with Crippen LogP contribution in [0, 0.1) is 46.5 Å². The highest BCUT2D eigenvalue weighted by molar-refractivity contribution is 6.16. The second kappa shape index (κ2) is 20.3. The molecule has 5 aromatic rings. The first-order valence-electron chi connectivity index (χ1n) is 19.7. The lowest BCUT2D eigenvalue weighted by Gasteiger charge is -2.30. The summed E-state index contributed by atoms with van der Waals surface area (Å²) in [4.78, 5) is 54.7. The Kier molecular flexibility index (Phi) is 14.8. The molecule has 0 bridgehead atoms. The summed E-state index contributed by atoms with van der Waals surface area (Å²) in [6, 6.07) is 18.6. The Balaban J connectivity index is 0.000000224. The van der Waals surface area contributed by atoms with Crippen molar-refractivity contribution in [1.82, 2.24) is 9.80 Å². The summed E-state index contributed by atoms with van der Waals surface area (Å²) < 4.78 is 146. The van der Waals surface area contributed by atoms with Gasteiger partial charge in [-0.2, -0.15) is 13.2 Å². The largest absolute Gasteiger partial charge is 0.471 e. The number of piperidine rings is 2. The summed E-state index contributed by atoms with van der Waals surface area (Å²) in [5.41, 5.74) is 1.48. The van der Waals surface area contributed by atoms with Crippen LogP contribution in [-0.4, -0.2) is 79.6 Å².